The molecule has 0 N–H and O–H groups in total. The van der Waals surface area contributed by atoms with Gasteiger partial charge in [0.2, 0.25) is 0 Å². The van der Waals surface area contributed by atoms with Gasteiger partial charge in [0.05, 0.1) is 13.2 Å². The Labute approximate surface area is 149 Å². The number of carbonyl (C=O) groups excluding carboxylic acids is 2. The topological polar surface area (TPSA) is 68.7 Å². The molecule has 0 saturated carbocycles. The molecule has 0 bridgehead atoms. The maximum atomic E-state index is 12.3. The zero-order chi connectivity index (χ0) is 18.1. The molecule has 2 rings (SSSR count). The molecule has 1 aromatic heterocycles. The fourth-order valence-corrected chi connectivity index (χ4v) is 2.74. The van der Waals surface area contributed by atoms with E-state index >= 15 is 0 Å². The summed E-state index contributed by atoms with van der Waals surface area (Å²) in [6.07, 6.45) is 7.08. The lowest BCUT2D eigenvalue weighted by molar-refractivity contribution is -0.148. The van der Waals surface area contributed by atoms with Gasteiger partial charge in [-0.2, -0.15) is 0 Å². The predicted molar refractivity (Wildman–Crippen MR) is 94.0 cm³/mol. The van der Waals surface area contributed by atoms with Crippen molar-refractivity contribution >= 4 is 12.1 Å². The minimum absolute atomic E-state index is 0.324. The zero-order valence-corrected chi connectivity index (χ0v) is 15.1. The molecular weight excluding hydrogens is 320 g/mol. The number of ether oxygens (including phenoxy) is 2. The molecule has 0 aromatic carbocycles. The van der Waals surface area contributed by atoms with Crippen molar-refractivity contribution in [3.05, 3.63) is 30.1 Å². The average Bonchev–Trinajstić information content (AvgIpc) is 3.13. The Morgan fingerprint density at radius 2 is 2.24 bits per heavy atom. The Kier molecular flexibility index (Phi) is 7.70. The van der Waals surface area contributed by atoms with Gasteiger partial charge in [-0.15, -0.1) is 0 Å². The summed E-state index contributed by atoms with van der Waals surface area (Å²) in [4.78, 5) is 30.0. The van der Waals surface area contributed by atoms with Gasteiger partial charge >= 0.3 is 12.1 Å². The van der Waals surface area contributed by atoms with Crippen LogP contribution in [0.1, 0.15) is 45.1 Å². The maximum absolute atomic E-state index is 12.3. The zero-order valence-electron chi connectivity index (χ0n) is 15.1. The first-order valence-corrected chi connectivity index (χ1v) is 9.10. The molecule has 1 aromatic rings. The lowest BCUT2D eigenvalue weighted by Gasteiger charge is -2.23. The van der Waals surface area contributed by atoms with Crippen LogP contribution in [0.25, 0.3) is 0 Å². The summed E-state index contributed by atoms with van der Waals surface area (Å²) < 4.78 is 10.7. The standard InChI is InChI=1S/C19H28N2O4/c1-3-15(2)14-25-19(23)21-11-5-9-17(21)18(22)24-12-6-8-16-7-4-10-20-13-16/h4,7,10,13,15,17H,3,5-6,8-9,11-12,14H2,1-2H3. The molecule has 0 spiro atoms. The van der Waals surface area contributed by atoms with Crippen LogP contribution in [0.2, 0.25) is 0 Å². The second-order valence-corrected chi connectivity index (χ2v) is 6.57. The van der Waals surface area contributed by atoms with Crippen molar-refractivity contribution in [3.8, 4) is 0 Å². The number of likely N-dealkylation sites (tertiary alicyclic amines) is 1. The number of aromatic nitrogens is 1. The molecule has 25 heavy (non-hydrogen) atoms. The quantitative estimate of drug-likeness (QED) is 0.533. The van der Waals surface area contributed by atoms with E-state index in [9.17, 15) is 9.59 Å². The molecule has 2 atom stereocenters. The molecule has 1 fully saturated rings. The van der Waals surface area contributed by atoms with Crippen LogP contribution in [0.4, 0.5) is 4.79 Å². The highest BCUT2D eigenvalue weighted by Crippen LogP contribution is 2.20. The van der Waals surface area contributed by atoms with Gasteiger partial charge in [0.15, 0.2) is 0 Å². The average molecular weight is 348 g/mol. The van der Waals surface area contributed by atoms with Crippen LogP contribution in [0, 0.1) is 5.92 Å². The number of nitrogens with zero attached hydrogens (tertiary/aromatic N) is 2. The third kappa shape index (κ3) is 6.03. The van der Waals surface area contributed by atoms with Gasteiger partial charge in [-0.25, -0.2) is 9.59 Å². The van der Waals surface area contributed by atoms with Crippen molar-refractivity contribution in [2.75, 3.05) is 19.8 Å². The first kappa shape index (κ1) is 19.2. The summed E-state index contributed by atoms with van der Waals surface area (Å²) in [6, 6.07) is 3.38. The van der Waals surface area contributed by atoms with Crippen LogP contribution in [0.5, 0.6) is 0 Å². The van der Waals surface area contributed by atoms with Gasteiger partial charge in [0, 0.05) is 18.9 Å². The summed E-state index contributed by atoms with van der Waals surface area (Å²) in [5, 5.41) is 0. The van der Waals surface area contributed by atoms with Crippen LogP contribution >= 0.6 is 0 Å². The molecule has 0 aliphatic carbocycles. The normalized spacial score (nSPS) is 18.0. The minimum atomic E-state index is -0.511. The van der Waals surface area contributed by atoms with Gasteiger partial charge in [-0.05, 0) is 43.2 Å². The highest BCUT2D eigenvalue weighted by atomic mass is 16.6. The maximum Gasteiger partial charge on any atom is 0.410 e. The van der Waals surface area contributed by atoms with E-state index in [1.165, 1.54) is 4.90 Å². The van der Waals surface area contributed by atoms with Gasteiger partial charge in [0.1, 0.15) is 6.04 Å². The number of carbonyl (C=O) groups is 2. The molecule has 138 valence electrons. The number of aryl methyl sites for hydroxylation is 1. The van der Waals surface area contributed by atoms with Crippen LogP contribution < -0.4 is 0 Å². The smallest absolute Gasteiger partial charge is 0.410 e. The number of rotatable bonds is 8. The molecule has 1 amide bonds. The first-order valence-electron chi connectivity index (χ1n) is 9.10. The Hall–Kier alpha value is -2.11. The largest absolute Gasteiger partial charge is 0.464 e. The van der Waals surface area contributed by atoms with Crippen molar-refractivity contribution in [2.45, 2.75) is 52.0 Å². The molecule has 2 heterocycles. The van der Waals surface area contributed by atoms with E-state index in [-0.39, 0.29) is 5.97 Å². The van der Waals surface area contributed by atoms with Crippen molar-refractivity contribution < 1.29 is 19.1 Å². The van der Waals surface area contributed by atoms with E-state index < -0.39 is 12.1 Å². The SMILES string of the molecule is CCC(C)COC(=O)N1CCCC1C(=O)OCCCc1cccnc1. The van der Waals surface area contributed by atoms with Gasteiger partial charge < -0.3 is 9.47 Å². The van der Waals surface area contributed by atoms with Crippen LogP contribution in [-0.4, -0.2) is 47.7 Å². The molecule has 6 nitrogen and oxygen atoms in total. The third-order valence-electron chi connectivity index (χ3n) is 4.52. The summed E-state index contributed by atoms with van der Waals surface area (Å²) in [7, 11) is 0. The van der Waals surface area contributed by atoms with E-state index in [0.29, 0.717) is 32.1 Å². The Morgan fingerprint density at radius 3 is 2.96 bits per heavy atom. The van der Waals surface area contributed by atoms with Gasteiger partial charge in [-0.1, -0.05) is 26.3 Å². The molecule has 2 unspecified atom stereocenters. The van der Waals surface area contributed by atoms with Crippen LogP contribution in [0.15, 0.2) is 24.5 Å². The molecule has 0 radical (unpaired) electrons. The number of hydrogen-bond donors (Lipinski definition) is 0. The fourth-order valence-electron chi connectivity index (χ4n) is 2.74. The second-order valence-electron chi connectivity index (χ2n) is 6.57. The van der Waals surface area contributed by atoms with E-state index in [2.05, 4.69) is 11.9 Å². The monoisotopic (exact) mass is 348 g/mol. The van der Waals surface area contributed by atoms with Crippen LogP contribution in [-0.2, 0) is 20.7 Å². The predicted octanol–water partition coefficient (Wildman–Crippen LogP) is 3.20. The molecule has 1 aliphatic rings. The number of pyridine rings is 1. The van der Waals surface area contributed by atoms with Gasteiger partial charge in [0.25, 0.3) is 0 Å². The van der Waals surface area contributed by atoms with E-state index in [1.54, 1.807) is 6.20 Å². The Bertz CT molecular complexity index is 550. The minimum Gasteiger partial charge on any atom is -0.464 e. The van der Waals surface area contributed by atoms with Crippen molar-refractivity contribution in [2.24, 2.45) is 5.92 Å². The molecular formula is C19H28N2O4. The first-order chi connectivity index (χ1) is 12.1. The summed E-state index contributed by atoms with van der Waals surface area (Å²) in [5.41, 5.74) is 1.12. The van der Waals surface area contributed by atoms with Crippen LogP contribution in [0.3, 0.4) is 0 Å². The van der Waals surface area contributed by atoms with Crippen molar-refractivity contribution in [1.82, 2.24) is 9.88 Å². The van der Waals surface area contributed by atoms with Crippen molar-refractivity contribution in [3.63, 3.8) is 0 Å². The number of hydrogen-bond acceptors (Lipinski definition) is 5. The summed E-state index contributed by atoms with van der Waals surface area (Å²) in [5.74, 6) is -0.00592. The summed E-state index contributed by atoms with van der Waals surface area (Å²) >= 11 is 0. The lowest BCUT2D eigenvalue weighted by Crippen LogP contribution is -2.42. The van der Waals surface area contributed by atoms with E-state index in [0.717, 1.165) is 31.2 Å². The van der Waals surface area contributed by atoms with E-state index in [1.807, 2.05) is 25.3 Å². The highest BCUT2D eigenvalue weighted by molar-refractivity contribution is 5.82. The van der Waals surface area contributed by atoms with Gasteiger partial charge in [-0.3, -0.25) is 9.88 Å². The second kappa shape index (κ2) is 10.0. The van der Waals surface area contributed by atoms with Crippen molar-refractivity contribution in [1.29, 1.82) is 0 Å². The lowest BCUT2D eigenvalue weighted by atomic mass is 10.1. The summed E-state index contributed by atoms with van der Waals surface area (Å²) in [6.45, 7) is 5.37. The molecule has 6 heteroatoms. The number of esters is 1. The Balaban J connectivity index is 1.73. The fraction of sp³-hybridized carbons (Fsp3) is 0.632. The molecule has 1 aliphatic heterocycles. The molecule has 1 saturated heterocycles. The van der Waals surface area contributed by atoms with E-state index in [4.69, 9.17) is 9.47 Å². The Morgan fingerprint density at radius 1 is 1.40 bits per heavy atom. The number of amides is 1. The highest BCUT2D eigenvalue weighted by Gasteiger charge is 2.36. The third-order valence-corrected chi connectivity index (χ3v) is 4.52.